The van der Waals surface area contributed by atoms with E-state index in [1.54, 1.807) is 23.6 Å². The standard InChI is InChI=1S/C25H25N3O2S/c1-3-17(2)18-10-12-19(13-11-18)24(22-9-6-14-31-22)27-23(29)16-28-25(30)21-8-5-4-7-20(21)15-26-28/h4-15,17,24H,3,16H2,1-2H3,(H,27,29). The molecule has 0 saturated carbocycles. The van der Waals surface area contributed by atoms with Crippen LogP contribution in [0.25, 0.3) is 10.8 Å². The number of nitrogens with one attached hydrogen (secondary N) is 1. The van der Waals surface area contributed by atoms with Gasteiger partial charge in [-0.3, -0.25) is 9.59 Å². The molecule has 0 fully saturated rings. The van der Waals surface area contributed by atoms with Crippen molar-refractivity contribution in [1.29, 1.82) is 0 Å². The van der Waals surface area contributed by atoms with Crippen LogP contribution >= 0.6 is 11.3 Å². The Labute approximate surface area is 185 Å². The van der Waals surface area contributed by atoms with Crippen LogP contribution < -0.4 is 10.9 Å². The van der Waals surface area contributed by atoms with Gasteiger partial charge in [-0.15, -0.1) is 11.3 Å². The smallest absolute Gasteiger partial charge is 0.275 e. The van der Waals surface area contributed by atoms with E-state index in [1.165, 1.54) is 10.2 Å². The Morgan fingerprint density at radius 3 is 2.52 bits per heavy atom. The van der Waals surface area contributed by atoms with E-state index in [-0.39, 0.29) is 24.1 Å². The van der Waals surface area contributed by atoms with E-state index in [1.807, 2.05) is 35.7 Å². The van der Waals surface area contributed by atoms with E-state index in [0.29, 0.717) is 11.3 Å². The molecule has 0 aliphatic heterocycles. The summed E-state index contributed by atoms with van der Waals surface area (Å²) in [5.74, 6) is 0.240. The number of fused-ring (bicyclic) bond motifs is 1. The Balaban J connectivity index is 1.57. The first-order valence-corrected chi connectivity index (χ1v) is 11.3. The number of rotatable bonds is 7. The minimum Gasteiger partial charge on any atom is -0.343 e. The molecule has 1 amide bonds. The molecule has 0 saturated heterocycles. The van der Waals surface area contributed by atoms with Crippen LogP contribution in [0, 0.1) is 0 Å². The van der Waals surface area contributed by atoms with E-state index in [0.717, 1.165) is 22.2 Å². The molecule has 0 aliphatic rings. The van der Waals surface area contributed by atoms with Crippen molar-refractivity contribution in [3.05, 3.63) is 98.6 Å². The van der Waals surface area contributed by atoms with Crippen molar-refractivity contribution in [3.63, 3.8) is 0 Å². The predicted octanol–water partition coefficient (Wildman–Crippen LogP) is 4.88. The fraction of sp³-hybridized carbons (Fsp3) is 0.240. The van der Waals surface area contributed by atoms with Gasteiger partial charge >= 0.3 is 0 Å². The number of amides is 1. The molecule has 2 heterocycles. The van der Waals surface area contributed by atoms with Crippen LogP contribution in [-0.2, 0) is 11.3 Å². The molecular weight excluding hydrogens is 406 g/mol. The number of aromatic nitrogens is 2. The summed E-state index contributed by atoms with van der Waals surface area (Å²) in [6.07, 6.45) is 2.70. The SMILES string of the molecule is CCC(C)c1ccc(C(NC(=O)Cn2ncc3ccccc3c2=O)c2cccs2)cc1. The summed E-state index contributed by atoms with van der Waals surface area (Å²) in [5.41, 5.74) is 2.04. The van der Waals surface area contributed by atoms with Gasteiger partial charge in [0.1, 0.15) is 6.54 Å². The van der Waals surface area contributed by atoms with Gasteiger partial charge in [-0.2, -0.15) is 5.10 Å². The summed E-state index contributed by atoms with van der Waals surface area (Å²) in [6.45, 7) is 4.26. The Kier molecular flexibility index (Phi) is 6.28. The van der Waals surface area contributed by atoms with Crippen molar-refractivity contribution in [1.82, 2.24) is 15.1 Å². The second-order valence-electron chi connectivity index (χ2n) is 7.69. The second-order valence-corrected chi connectivity index (χ2v) is 8.67. The fourth-order valence-electron chi connectivity index (χ4n) is 3.61. The van der Waals surface area contributed by atoms with Gasteiger partial charge in [0.25, 0.3) is 5.56 Å². The first kappa shape index (κ1) is 21.0. The van der Waals surface area contributed by atoms with Gasteiger partial charge in [0, 0.05) is 10.3 Å². The molecule has 0 aliphatic carbocycles. The van der Waals surface area contributed by atoms with E-state index < -0.39 is 0 Å². The molecule has 2 aromatic carbocycles. The number of carbonyl (C=O) groups excluding carboxylic acids is 1. The summed E-state index contributed by atoms with van der Waals surface area (Å²) in [4.78, 5) is 26.6. The van der Waals surface area contributed by atoms with Gasteiger partial charge in [0.15, 0.2) is 0 Å². The van der Waals surface area contributed by atoms with Gasteiger partial charge in [0.2, 0.25) is 5.91 Å². The first-order chi connectivity index (χ1) is 15.1. The lowest BCUT2D eigenvalue weighted by molar-refractivity contribution is -0.122. The molecule has 2 atom stereocenters. The normalized spacial score (nSPS) is 13.1. The Bertz CT molecular complexity index is 1230. The molecule has 4 rings (SSSR count). The molecule has 4 aromatic rings. The van der Waals surface area contributed by atoms with E-state index in [2.05, 4.69) is 48.5 Å². The first-order valence-electron chi connectivity index (χ1n) is 10.4. The number of hydrogen-bond acceptors (Lipinski definition) is 4. The summed E-state index contributed by atoms with van der Waals surface area (Å²) in [7, 11) is 0. The van der Waals surface area contributed by atoms with Crippen molar-refractivity contribution in [2.24, 2.45) is 0 Å². The van der Waals surface area contributed by atoms with Crippen molar-refractivity contribution in [3.8, 4) is 0 Å². The zero-order valence-electron chi connectivity index (χ0n) is 17.6. The zero-order valence-corrected chi connectivity index (χ0v) is 18.4. The van der Waals surface area contributed by atoms with E-state index in [4.69, 9.17) is 0 Å². The molecule has 6 heteroatoms. The topological polar surface area (TPSA) is 64.0 Å². The highest BCUT2D eigenvalue weighted by Gasteiger charge is 2.19. The van der Waals surface area contributed by atoms with Crippen LogP contribution in [0.1, 0.15) is 48.2 Å². The minimum absolute atomic E-state index is 0.128. The lowest BCUT2D eigenvalue weighted by atomic mass is 9.95. The van der Waals surface area contributed by atoms with Gasteiger partial charge in [-0.05, 0) is 41.0 Å². The maximum atomic E-state index is 12.9. The summed E-state index contributed by atoms with van der Waals surface area (Å²) in [6, 6.07) is 19.4. The molecule has 0 spiro atoms. The van der Waals surface area contributed by atoms with Gasteiger partial charge in [-0.25, -0.2) is 4.68 Å². The average molecular weight is 432 g/mol. The van der Waals surface area contributed by atoms with Gasteiger partial charge in [0.05, 0.1) is 17.6 Å². The Hall–Kier alpha value is -3.25. The van der Waals surface area contributed by atoms with Crippen molar-refractivity contribution in [2.75, 3.05) is 0 Å². The number of nitrogens with zero attached hydrogens (tertiary/aromatic N) is 2. The summed E-state index contributed by atoms with van der Waals surface area (Å²) >= 11 is 1.60. The molecule has 31 heavy (non-hydrogen) atoms. The van der Waals surface area contributed by atoms with Crippen LogP contribution in [0.2, 0.25) is 0 Å². The second kappa shape index (κ2) is 9.27. The lowest BCUT2D eigenvalue weighted by Crippen LogP contribution is -2.35. The van der Waals surface area contributed by atoms with Crippen LogP contribution in [0.5, 0.6) is 0 Å². The molecular formula is C25H25N3O2S. The quantitative estimate of drug-likeness (QED) is 0.454. The molecule has 2 aromatic heterocycles. The fourth-order valence-corrected chi connectivity index (χ4v) is 4.41. The minimum atomic E-state index is -0.269. The van der Waals surface area contributed by atoms with Crippen LogP contribution in [0.15, 0.2) is 77.0 Å². The third-order valence-electron chi connectivity index (χ3n) is 5.64. The van der Waals surface area contributed by atoms with Crippen molar-refractivity contribution >= 4 is 28.0 Å². The average Bonchev–Trinajstić information content (AvgIpc) is 3.34. The van der Waals surface area contributed by atoms with Crippen molar-refractivity contribution in [2.45, 2.75) is 38.8 Å². The van der Waals surface area contributed by atoms with Gasteiger partial charge < -0.3 is 5.32 Å². The number of benzene rings is 2. The largest absolute Gasteiger partial charge is 0.343 e. The highest BCUT2D eigenvalue weighted by atomic mass is 32.1. The maximum absolute atomic E-state index is 12.9. The molecule has 0 bridgehead atoms. The molecule has 5 nitrogen and oxygen atoms in total. The van der Waals surface area contributed by atoms with E-state index in [9.17, 15) is 9.59 Å². The predicted molar refractivity (Wildman–Crippen MR) is 125 cm³/mol. The Morgan fingerprint density at radius 1 is 1.06 bits per heavy atom. The lowest BCUT2D eigenvalue weighted by Gasteiger charge is -2.19. The van der Waals surface area contributed by atoms with Gasteiger partial charge in [-0.1, -0.05) is 62.4 Å². The van der Waals surface area contributed by atoms with E-state index >= 15 is 0 Å². The van der Waals surface area contributed by atoms with Crippen LogP contribution in [0.4, 0.5) is 0 Å². The zero-order chi connectivity index (χ0) is 21.8. The Morgan fingerprint density at radius 2 is 1.81 bits per heavy atom. The van der Waals surface area contributed by atoms with Crippen LogP contribution in [-0.4, -0.2) is 15.7 Å². The van der Waals surface area contributed by atoms with Crippen LogP contribution in [0.3, 0.4) is 0 Å². The third-order valence-corrected chi connectivity index (χ3v) is 6.58. The monoisotopic (exact) mass is 431 g/mol. The molecule has 158 valence electrons. The summed E-state index contributed by atoms with van der Waals surface area (Å²) < 4.78 is 1.22. The highest BCUT2D eigenvalue weighted by Crippen LogP contribution is 2.28. The molecule has 2 unspecified atom stereocenters. The maximum Gasteiger partial charge on any atom is 0.275 e. The number of hydrogen-bond donors (Lipinski definition) is 1. The molecule has 1 N–H and O–H groups in total. The van der Waals surface area contributed by atoms with Crippen molar-refractivity contribution < 1.29 is 4.79 Å². The number of thiophene rings is 1. The number of carbonyl (C=O) groups is 1. The highest BCUT2D eigenvalue weighted by molar-refractivity contribution is 7.10. The molecule has 0 radical (unpaired) electrons. The summed E-state index contributed by atoms with van der Waals surface area (Å²) in [5, 5.41) is 10.6. The third kappa shape index (κ3) is 4.59.